The van der Waals surface area contributed by atoms with Crippen molar-refractivity contribution in [3.8, 4) is 0 Å². The lowest BCUT2D eigenvalue weighted by Crippen LogP contribution is -2.25. The molecule has 0 spiro atoms. The van der Waals surface area contributed by atoms with Gasteiger partial charge in [0.2, 0.25) is 0 Å². The van der Waals surface area contributed by atoms with E-state index in [9.17, 15) is 0 Å². The van der Waals surface area contributed by atoms with Crippen LogP contribution in [0.1, 0.15) is 0 Å². The van der Waals surface area contributed by atoms with Crippen LogP contribution in [-0.4, -0.2) is 11.7 Å². The topological polar surface area (TPSA) is 24.4 Å². The van der Waals surface area contributed by atoms with Crippen LogP contribution in [0.25, 0.3) is 0 Å². The van der Waals surface area contributed by atoms with Gasteiger partial charge in [-0.15, -0.1) is 11.8 Å². The van der Waals surface area contributed by atoms with E-state index < -0.39 is 0 Å². The molecule has 2 heterocycles. The highest BCUT2D eigenvalue weighted by Gasteiger charge is 2.16. The van der Waals surface area contributed by atoms with Gasteiger partial charge in [0.15, 0.2) is 0 Å². The number of thioether (sulfide) groups is 1. The minimum Gasteiger partial charge on any atom is -0.360 e. The number of fused-ring (bicyclic) bond motifs is 1. The normalized spacial score (nSPS) is 29.3. The van der Waals surface area contributed by atoms with Crippen LogP contribution in [0.2, 0.25) is 0 Å². The summed E-state index contributed by atoms with van der Waals surface area (Å²) in [7, 11) is 0. The molecule has 9 heavy (non-hydrogen) atoms. The molecule has 0 aromatic rings. The number of aliphatic imine (C=N–C) groups is 1. The van der Waals surface area contributed by atoms with Crippen LogP contribution in [0, 0.1) is 0 Å². The third kappa shape index (κ3) is 0.772. The van der Waals surface area contributed by atoms with Crippen LogP contribution in [-0.2, 0) is 0 Å². The van der Waals surface area contributed by atoms with Gasteiger partial charge in [0.1, 0.15) is 5.37 Å². The summed E-state index contributed by atoms with van der Waals surface area (Å²) in [6, 6.07) is 0. The molecule has 0 aliphatic carbocycles. The highest BCUT2D eigenvalue weighted by Crippen LogP contribution is 2.27. The number of nitrogens with zero attached hydrogens (tertiary/aromatic N) is 1. The molecule has 0 amide bonds. The second-order valence-electron chi connectivity index (χ2n) is 1.89. The molecular formula is C6H6N2S. The maximum atomic E-state index is 3.96. The molecule has 0 bridgehead atoms. The highest BCUT2D eigenvalue weighted by molar-refractivity contribution is 8.03. The maximum Gasteiger partial charge on any atom is 0.104 e. The molecule has 0 aromatic carbocycles. The summed E-state index contributed by atoms with van der Waals surface area (Å²) in [6.45, 7) is 0. The van der Waals surface area contributed by atoms with Gasteiger partial charge in [-0.3, -0.25) is 0 Å². The Kier molecular flexibility index (Phi) is 1.09. The molecule has 3 heteroatoms. The van der Waals surface area contributed by atoms with E-state index in [0.717, 1.165) is 0 Å². The quantitative estimate of drug-likeness (QED) is 0.542. The second-order valence-corrected chi connectivity index (χ2v) is 2.91. The van der Waals surface area contributed by atoms with Crippen LogP contribution >= 0.6 is 11.8 Å². The molecule has 2 aliphatic heterocycles. The van der Waals surface area contributed by atoms with Crippen LogP contribution in [0.15, 0.2) is 28.2 Å². The van der Waals surface area contributed by atoms with Crippen molar-refractivity contribution < 1.29 is 0 Å². The standard InChI is InChI=1S/C6H6N2S/c1-2-9-6-5(1)3-7-4-8-6/h1-4,6H,(H,7,8). The van der Waals surface area contributed by atoms with E-state index in [2.05, 4.69) is 21.8 Å². The summed E-state index contributed by atoms with van der Waals surface area (Å²) in [5.74, 6) is 0. The highest BCUT2D eigenvalue weighted by atomic mass is 32.2. The van der Waals surface area contributed by atoms with Gasteiger partial charge in [-0.1, -0.05) is 0 Å². The zero-order valence-electron chi connectivity index (χ0n) is 4.74. The Labute approximate surface area is 57.7 Å². The Bertz CT molecular complexity index is 205. The molecule has 2 rings (SSSR count). The molecular weight excluding hydrogens is 132 g/mol. The number of nitrogens with one attached hydrogen (secondary N) is 1. The first-order chi connectivity index (χ1) is 4.47. The van der Waals surface area contributed by atoms with E-state index in [1.54, 1.807) is 18.1 Å². The summed E-state index contributed by atoms with van der Waals surface area (Å²) in [5, 5.41) is 5.64. The van der Waals surface area contributed by atoms with Crippen molar-refractivity contribution in [3.63, 3.8) is 0 Å². The molecule has 1 unspecified atom stereocenters. The number of hydrogen-bond donors (Lipinski definition) is 1. The van der Waals surface area contributed by atoms with Gasteiger partial charge in [-0.05, 0) is 11.5 Å². The lowest BCUT2D eigenvalue weighted by atomic mass is 10.3. The lowest BCUT2D eigenvalue weighted by molar-refractivity contribution is 0.947. The molecule has 0 aromatic heterocycles. The predicted octanol–water partition coefficient (Wildman–Crippen LogP) is 1.09. The van der Waals surface area contributed by atoms with Crippen LogP contribution < -0.4 is 5.32 Å². The van der Waals surface area contributed by atoms with E-state index in [1.165, 1.54) is 5.57 Å². The third-order valence-corrected chi connectivity index (χ3v) is 2.28. The van der Waals surface area contributed by atoms with Crippen molar-refractivity contribution in [1.29, 1.82) is 0 Å². The van der Waals surface area contributed by atoms with Crippen molar-refractivity contribution in [2.24, 2.45) is 4.99 Å². The minimum absolute atomic E-state index is 0.433. The fourth-order valence-corrected chi connectivity index (χ4v) is 1.67. The number of hydrogen-bond acceptors (Lipinski definition) is 3. The largest absolute Gasteiger partial charge is 0.360 e. The van der Waals surface area contributed by atoms with Gasteiger partial charge < -0.3 is 5.32 Å². The van der Waals surface area contributed by atoms with Crippen molar-refractivity contribution in [3.05, 3.63) is 23.3 Å². The summed E-state index contributed by atoms with van der Waals surface area (Å²) in [6.07, 6.45) is 5.70. The van der Waals surface area contributed by atoms with Gasteiger partial charge in [-0.2, -0.15) is 0 Å². The van der Waals surface area contributed by atoms with Crippen LogP contribution in [0.3, 0.4) is 0 Å². The summed E-state index contributed by atoms with van der Waals surface area (Å²) < 4.78 is 0. The van der Waals surface area contributed by atoms with E-state index in [0.29, 0.717) is 5.37 Å². The fraction of sp³-hybridized carbons (Fsp3) is 0.167. The minimum atomic E-state index is 0.433. The average molecular weight is 138 g/mol. The van der Waals surface area contributed by atoms with Gasteiger partial charge >= 0.3 is 0 Å². The number of rotatable bonds is 0. The van der Waals surface area contributed by atoms with Crippen molar-refractivity contribution in [2.75, 3.05) is 0 Å². The third-order valence-electron chi connectivity index (χ3n) is 1.30. The molecule has 0 fully saturated rings. The summed E-state index contributed by atoms with van der Waals surface area (Å²) >= 11 is 1.78. The Balaban J connectivity index is 2.31. The summed E-state index contributed by atoms with van der Waals surface area (Å²) in [5.41, 5.74) is 1.27. The molecule has 1 N–H and O–H groups in total. The lowest BCUT2D eigenvalue weighted by Gasteiger charge is -2.12. The van der Waals surface area contributed by atoms with Crippen molar-refractivity contribution in [1.82, 2.24) is 5.32 Å². The molecule has 2 nitrogen and oxygen atoms in total. The zero-order chi connectivity index (χ0) is 6.10. The Morgan fingerprint density at radius 3 is 3.56 bits per heavy atom. The van der Waals surface area contributed by atoms with E-state index in [1.807, 2.05) is 6.20 Å². The Hall–Kier alpha value is -0.700. The first kappa shape index (κ1) is 5.11. The van der Waals surface area contributed by atoms with E-state index in [-0.39, 0.29) is 0 Å². The van der Waals surface area contributed by atoms with E-state index in [4.69, 9.17) is 0 Å². The predicted molar refractivity (Wildman–Crippen MR) is 40.2 cm³/mol. The summed E-state index contributed by atoms with van der Waals surface area (Å²) in [4.78, 5) is 3.96. The first-order valence-electron chi connectivity index (χ1n) is 2.76. The van der Waals surface area contributed by atoms with Crippen molar-refractivity contribution >= 4 is 18.1 Å². The average Bonchev–Trinajstić information content (AvgIpc) is 2.33. The van der Waals surface area contributed by atoms with Gasteiger partial charge in [0, 0.05) is 11.8 Å². The molecule has 1 atom stereocenters. The second kappa shape index (κ2) is 1.92. The molecule has 0 radical (unpaired) electrons. The Morgan fingerprint density at radius 1 is 1.67 bits per heavy atom. The molecule has 0 saturated carbocycles. The molecule has 2 aliphatic rings. The molecule has 46 valence electrons. The van der Waals surface area contributed by atoms with E-state index >= 15 is 0 Å². The monoisotopic (exact) mass is 138 g/mol. The zero-order valence-corrected chi connectivity index (χ0v) is 5.56. The molecule has 0 saturated heterocycles. The fourth-order valence-electron chi connectivity index (χ4n) is 0.843. The SMILES string of the molecule is C1=CC2=CN=CNC2S1. The van der Waals surface area contributed by atoms with Gasteiger partial charge in [-0.25, -0.2) is 4.99 Å². The maximum absolute atomic E-state index is 3.96. The van der Waals surface area contributed by atoms with Crippen molar-refractivity contribution in [2.45, 2.75) is 5.37 Å². The smallest absolute Gasteiger partial charge is 0.104 e. The first-order valence-corrected chi connectivity index (χ1v) is 3.71. The van der Waals surface area contributed by atoms with Gasteiger partial charge in [0.05, 0.1) is 6.34 Å². The Morgan fingerprint density at radius 2 is 2.67 bits per heavy atom. The van der Waals surface area contributed by atoms with Gasteiger partial charge in [0.25, 0.3) is 0 Å². The van der Waals surface area contributed by atoms with Crippen LogP contribution in [0.5, 0.6) is 0 Å². The van der Waals surface area contributed by atoms with Crippen LogP contribution in [0.4, 0.5) is 0 Å².